The summed E-state index contributed by atoms with van der Waals surface area (Å²) in [7, 11) is 0. The van der Waals surface area contributed by atoms with E-state index in [1.165, 1.54) is 0 Å². The normalized spacial score (nSPS) is 15.7. The van der Waals surface area contributed by atoms with Crippen molar-refractivity contribution in [2.75, 3.05) is 6.67 Å². The summed E-state index contributed by atoms with van der Waals surface area (Å²) in [5.74, 6) is -10.2. The number of allylic oxidation sites excluding steroid dienone is 1. The minimum Gasteiger partial charge on any atom is -0.244 e. The molecule has 0 heterocycles. The Morgan fingerprint density at radius 2 is 1.46 bits per heavy atom. The van der Waals surface area contributed by atoms with E-state index in [1.807, 2.05) is 0 Å². The molecule has 0 N–H and O–H groups in total. The van der Waals surface area contributed by atoms with Gasteiger partial charge in [0.15, 0.2) is 6.67 Å². The molecule has 8 heteroatoms. The van der Waals surface area contributed by atoms with Gasteiger partial charge in [0.25, 0.3) is 0 Å². The van der Waals surface area contributed by atoms with Crippen LogP contribution in [0.1, 0.15) is 0 Å². The maximum atomic E-state index is 12.3. The minimum atomic E-state index is -5.14. The first-order valence-electron chi connectivity index (χ1n) is 2.69. The van der Waals surface area contributed by atoms with Crippen molar-refractivity contribution in [3.63, 3.8) is 0 Å². The second kappa shape index (κ2) is 3.96. The summed E-state index contributed by atoms with van der Waals surface area (Å²) in [5, 5.41) is -4.41. The Hall–Kier alpha value is -0.100. The molecule has 0 aliphatic heterocycles. The fraction of sp³-hybridized carbons (Fsp3) is 0.600. The van der Waals surface area contributed by atoms with Gasteiger partial charge in [0, 0.05) is 0 Å². The van der Waals surface area contributed by atoms with Gasteiger partial charge in [-0.05, 0) is 11.6 Å². The third kappa shape index (κ3) is 2.43. The lowest BCUT2D eigenvalue weighted by Crippen LogP contribution is -2.42. The molecule has 0 saturated carbocycles. The maximum absolute atomic E-state index is 12.3. The molecular formula is C5H2Cl2F6. The summed E-state index contributed by atoms with van der Waals surface area (Å²) in [4.78, 5) is 0. The van der Waals surface area contributed by atoms with Gasteiger partial charge in [0.1, 0.15) is 5.03 Å². The molecule has 13 heavy (non-hydrogen) atoms. The Labute approximate surface area is 79.1 Å². The van der Waals surface area contributed by atoms with Crippen LogP contribution in [0, 0.1) is 0 Å². The maximum Gasteiger partial charge on any atom is 0.352 e. The molecular weight excluding hydrogens is 245 g/mol. The lowest BCUT2D eigenvalue weighted by molar-refractivity contribution is -0.190. The van der Waals surface area contributed by atoms with Crippen LogP contribution >= 0.6 is 23.2 Å². The van der Waals surface area contributed by atoms with Gasteiger partial charge in [-0.25, -0.2) is 4.39 Å². The van der Waals surface area contributed by atoms with E-state index in [4.69, 9.17) is 0 Å². The average molecular weight is 247 g/mol. The van der Waals surface area contributed by atoms with Crippen LogP contribution < -0.4 is 0 Å². The molecule has 0 radical (unpaired) electrons. The molecule has 0 rings (SSSR count). The molecule has 0 nitrogen and oxygen atoms in total. The zero-order valence-electron chi connectivity index (χ0n) is 5.73. The van der Waals surface area contributed by atoms with E-state index in [0.717, 1.165) is 0 Å². The number of halogens is 8. The smallest absolute Gasteiger partial charge is 0.244 e. The highest BCUT2D eigenvalue weighted by molar-refractivity contribution is 6.38. The second-order valence-electron chi connectivity index (χ2n) is 1.99. The van der Waals surface area contributed by atoms with E-state index in [-0.39, 0.29) is 0 Å². The van der Waals surface area contributed by atoms with Crippen molar-refractivity contribution in [3.05, 3.63) is 10.3 Å². The van der Waals surface area contributed by atoms with Gasteiger partial charge in [0.05, 0.1) is 0 Å². The largest absolute Gasteiger partial charge is 0.352 e. The highest BCUT2D eigenvalue weighted by atomic mass is 35.5. The molecule has 0 fully saturated rings. The fourth-order valence-corrected chi connectivity index (χ4v) is 0.620. The zero-order valence-corrected chi connectivity index (χ0v) is 7.24. The number of rotatable bonds is 3. The summed E-state index contributed by atoms with van der Waals surface area (Å²) < 4.78 is 72.1. The average Bonchev–Trinajstić information content (AvgIpc) is 2.02. The van der Waals surface area contributed by atoms with E-state index in [0.29, 0.717) is 0 Å². The first-order valence-corrected chi connectivity index (χ1v) is 3.45. The topological polar surface area (TPSA) is 0 Å². The van der Waals surface area contributed by atoms with Crippen LogP contribution in [-0.4, -0.2) is 18.5 Å². The van der Waals surface area contributed by atoms with E-state index < -0.39 is 28.8 Å². The molecule has 0 spiro atoms. The Morgan fingerprint density at radius 3 is 1.69 bits per heavy atom. The summed E-state index contributed by atoms with van der Waals surface area (Å²) >= 11 is 8.77. The molecule has 0 bridgehead atoms. The van der Waals surface area contributed by atoms with Crippen molar-refractivity contribution in [1.29, 1.82) is 0 Å². The van der Waals surface area contributed by atoms with Gasteiger partial charge < -0.3 is 0 Å². The highest BCUT2D eigenvalue weighted by Crippen LogP contribution is 2.44. The molecule has 0 aromatic heterocycles. The SMILES string of the molecule is FCC(F)(F)C(F)(F)/C(Cl)=C(\F)Cl. The molecule has 0 aromatic carbocycles. The summed E-state index contributed by atoms with van der Waals surface area (Å²) in [6, 6.07) is 0. The van der Waals surface area contributed by atoms with Crippen molar-refractivity contribution in [2.24, 2.45) is 0 Å². The van der Waals surface area contributed by atoms with Crippen molar-refractivity contribution in [1.82, 2.24) is 0 Å². The lowest BCUT2D eigenvalue weighted by atomic mass is 10.2. The number of alkyl halides is 5. The summed E-state index contributed by atoms with van der Waals surface area (Å²) in [5.41, 5.74) is 0. The van der Waals surface area contributed by atoms with Gasteiger partial charge in [0.2, 0.25) is 5.29 Å². The van der Waals surface area contributed by atoms with Gasteiger partial charge in [-0.3, -0.25) is 0 Å². The van der Waals surface area contributed by atoms with Crippen LogP contribution in [0.2, 0.25) is 0 Å². The Bertz CT molecular complexity index is 219. The molecule has 0 aromatic rings. The molecule has 0 unspecified atom stereocenters. The molecule has 78 valence electrons. The number of hydrogen-bond acceptors (Lipinski definition) is 0. The van der Waals surface area contributed by atoms with Crippen molar-refractivity contribution >= 4 is 23.2 Å². The third-order valence-electron chi connectivity index (χ3n) is 1.07. The van der Waals surface area contributed by atoms with Crippen molar-refractivity contribution in [3.8, 4) is 0 Å². The first-order chi connectivity index (χ1) is 5.66. The van der Waals surface area contributed by atoms with Crippen LogP contribution in [0.15, 0.2) is 10.3 Å². The van der Waals surface area contributed by atoms with Gasteiger partial charge in [-0.1, -0.05) is 11.6 Å². The summed E-state index contributed by atoms with van der Waals surface area (Å²) in [6.07, 6.45) is 0. The lowest BCUT2D eigenvalue weighted by Gasteiger charge is -2.22. The molecule has 0 saturated heterocycles. The van der Waals surface area contributed by atoms with Crippen LogP contribution in [0.3, 0.4) is 0 Å². The van der Waals surface area contributed by atoms with Gasteiger partial charge >= 0.3 is 11.8 Å². The Morgan fingerprint density at radius 1 is 1.08 bits per heavy atom. The van der Waals surface area contributed by atoms with Crippen LogP contribution in [-0.2, 0) is 0 Å². The van der Waals surface area contributed by atoms with Gasteiger partial charge in [-0.15, -0.1) is 0 Å². The quantitative estimate of drug-likeness (QED) is 0.664. The Balaban J connectivity index is 5.09. The molecule has 0 aliphatic rings. The van der Waals surface area contributed by atoms with Crippen LogP contribution in [0.25, 0.3) is 0 Å². The van der Waals surface area contributed by atoms with E-state index >= 15 is 0 Å². The van der Waals surface area contributed by atoms with Gasteiger partial charge in [-0.2, -0.15) is 22.0 Å². The van der Waals surface area contributed by atoms with Crippen LogP contribution in [0.4, 0.5) is 26.3 Å². The van der Waals surface area contributed by atoms with E-state index in [9.17, 15) is 26.3 Å². The number of hydrogen-bond donors (Lipinski definition) is 0. The van der Waals surface area contributed by atoms with E-state index in [2.05, 4.69) is 23.2 Å². The van der Waals surface area contributed by atoms with Crippen molar-refractivity contribution < 1.29 is 26.3 Å². The molecule has 0 atom stereocenters. The zero-order chi connectivity index (χ0) is 10.9. The second-order valence-corrected chi connectivity index (χ2v) is 2.70. The monoisotopic (exact) mass is 246 g/mol. The third-order valence-corrected chi connectivity index (χ3v) is 1.76. The highest BCUT2D eigenvalue weighted by Gasteiger charge is 2.60. The fourth-order valence-electron chi connectivity index (χ4n) is 0.363. The molecule has 0 amide bonds. The molecule has 0 aliphatic carbocycles. The predicted molar refractivity (Wildman–Crippen MR) is 35.7 cm³/mol. The van der Waals surface area contributed by atoms with Crippen molar-refractivity contribution in [2.45, 2.75) is 11.8 Å². The first kappa shape index (κ1) is 12.9. The van der Waals surface area contributed by atoms with E-state index in [1.54, 1.807) is 0 Å². The standard InChI is InChI=1S/C5H2Cl2F6/c6-2(3(7)9)5(12,13)4(10,11)1-8/h1H2/b3-2+. The predicted octanol–water partition coefficient (Wildman–Crippen LogP) is 3.84. The Kier molecular flexibility index (Phi) is 3.93. The van der Waals surface area contributed by atoms with Crippen LogP contribution in [0.5, 0.6) is 0 Å². The minimum absolute atomic E-state index is 2.19. The summed E-state index contributed by atoms with van der Waals surface area (Å²) in [6.45, 7) is -2.67.